The van der Waals surface area contributed by atoms with E-state index < -0.39 is 5.97 Å². The van der Waals surface area contributed by atoms with Crippen LogP contribution in [0.25, 0.3) is 0 Å². The van der Waals surface area contributed by atoms with Crippen LogP contribution in [0.15, 0.2) is 6.20 Å². The van der Waals surface area contributed by atoms with E-state index in [2.05, 4.69) is 14.7 Å². The van der Waals surface area contributed by atoms with Gasteiger partial charge in [-0.05, 0) is 0 Å². The molecule has 3 N–H and O–H groups in total. The summed E-state index contributed by atoms with van der Waals surface area (Å²) in [4.78, 5) is 17.3. The normalized spacial score (nSPS) is 9.64. The number of nitrogens with one attached hydrogen (secondary N) is 1. The molecule has 1 aromatic rings. The van der Waals surface area contributed by atoms with Gasteiger partial charge in [-0.15, -0.1) is 0 Å². The molecule has 5 heteroatoms. The maximum atomic E-state index is 10.8. The molecule has 1 aromatic heterocycles. The van der Waals surface area contributed by atoms with Crippen molar-refractivity contribution < 1.29 is 9.53 Å². The molecular formula is C6H9N3O2. The molecular weight excluding hydrogens is 146 g/mol. The van der Waals surface area contributed by atoms with Gasteiger partial charge in [-0.3, -0.25) is 0 Å². The lowest BCUT2D eigenvalue weighted by atomic mass is 10.5. The number of ether oxygens (including phenoxy) is 1. The molecule has 0 bridgehead atoms. The van der Waals surface area contributed by atoms with Gasteiger partial charge in [0.1, 0.15) is 11.5 Å². The molecule has 11 heavy (non-hydrogen) atoms. The number of esters is 1. The van der Waals surface area contributed by atoms with E-state index in [0.717, 1.165) is 0 Å². The number of nitrogens with zero attached hydrogens (tertiary/aromatic N) is 1. The predicted molar refractivity (Wildman–Crippen MR) is 37.8 cm³/mol. The Balaban J connectivity index is 2.80. The van der Waals surface area contributed by atoms with E-state index in [9.17, 15) is 4.79 Å². The molecule has 0 atom stereocenters. The van der Waals surface area contributed by atoms with Crippen molar-refractivity contribution in [2.45, 2.75) is 6.54 Å². The van der Waals surface area contributed by atoms with Crippen LogP contribution >= 0.6 is 0 Å². The molecule has 0 amide bonds. The van der Waals surface area contributed by atoms with Crippen molar-refractivity contribution in [3.63, 3.8) is 0 Å². The van der Waals surface area contributed by atoms with E-state index in [0.29, 0.717) is 11.5 Å². The van der Waals surface area contributed by atoms with Gasteiger partial charge >= 0.3 is 5.97 Å². The van der Waals surface area contributed by atoms with Gasteiger partial charge in [-0.1, -0.05) is 0 Å². The largest absolute Gasteiger partial charge is 0.464 e. The van der Waals surface area contributed by atoms with Gasteiger partial charge in [0.25, 0.3) is 0 Å². The zero-order valence-corrected chi connectivity index (χ0v) is 6.13. The minimum atomic E-state index is -0.433. The van der Waals surface area contributed by atoms with Crippen LogP contribution in [-0.2, 0) is 11.3 Å². The van der Waals surface area contributed by atoms with Gasteiger partial charge in [0, 0.05) is 0 Å². The van der Waals surface area contributed by atoms with Crippen LogP contribution in [0.1, 0.15) is 16.3 Å². The van der Waals surface area contributed by atoms with Crippen LogP contribution in [-0.4, -0.2) is 23.0 Å². The number of aromatic nitrogens is 2. The Hall–Kier alpha value is -1.36. The number of hydrogen-bond donors (Lipinski definition) is 2. The molecule has 1 heterocycles. The minimum absolute atomic E-state index is 0.289. The molecule has 0 radical (unpaired) electrons. The average molecular weight is 155 g/mol. The number of carbonyl (C=O) groups is 1. The van der Waals surface area contributed by atoms with Crippen LogP contribution in [0, 0.1) is 0 Å². The van der Waals surface area contributed by atoms with Gasteiger partial charge in [-0.25, -0.2) is 9.78 Å². The summed E-state index contributed by atoms with van der Waals surface area (Å²) in [6.07, 6.45) is 1.40. The van der Waals surface area contributed by atoms with E-state index in [-0.39, 0.29) is 6.54 Å². The summed E-state index contributed by atoms with van der Waals surface area (Å²) in [5, 5.41) is 0. The molecule has 0 fully saturated rings. The smallest absolute Gasteiger partial charge is 0.356 e. The van der Waals surface area contributed by atoms with Gasteiger partial charge in [0.15, 0.2) is 0 Å². The lowest BCUT2D eigenvalue weighted by Crippen LogP contribution is -2.03. The number of methoxy groups -OCH3 is 1. The Kier molecular flexibility index (Phi) is 2.22. The summed E-state index contributed by atoms with van der Waals surface area (Å²) in [5.74, 6) is 0.141. The zero-order valence-electron chi connectivity index (χ0n) is 6.13. The molecule has 0 aliphatic rings. The van der Waals surface area contributed by atoms with Crippen LogP contribution in [0.3, 0.4) is 0 Å². The number of nitrogens with two attached hydrogens (primary N) is 1. The fourth-order valence-corrected chi connectivity index (χ4v) is 0.680. The number of carbonyl (C=O) groups excluding carboxylic acids is 1. The molecule has 0 unspecified atom stereocenters. The molecule has 0 saturated heterocycles. The third kappa shape index (κ3) is 1.56. The van der Waals surface area contributed by atoms with Crippen molar-refractivity contribution >= 4 is 5.97 Å². The number of hydrogen-bond acceptors (Lipinski definition) is 4. The van der Waals surface area contributed by atoms with Gasteiger partial charge < -0.3 is 15.5 Å². The van der Waals surface area contributed by atoms with Crippen LogP contribution in [0.4, 0.5) is 0 Å². The lowest BCUT2D eigenvalue weighted by Gasteiger charge is -1.91. The SMILES string of the molecule is COC(=O)c1cnc(CN)[nH]1. The fraction of sp³-hybridized carbons (Fsp3) is 0.333. The third-order valence-corrected chi connectivity index (χ3v) is 1.23. The Morgan fingerprint density at radius 2 is 2.64 bits per heavy atom. The van der Waals surface area contributed by atoms with Crippen molar-refractivity contribution in [3.8, 4) is 0 Å². The summed E-state index contributed by atoms with van der Waals surface area (Å²) in [7, 11) is 1.31. The predicted octanol–water partition coefficient (Wildman–Crippen LogP) is -0.345. The quantitative estimate of drug-likeness (QED) is 0.572. The number of H-pyrrole nitrogens is 1. The van der Waals surface area contributed by atoms with Gasteiger partial charge in [0.05, 0.1) is 19.9 Å². The standard InChI is InChI=1S/C6H9N3O2/c1-11-6(10)4-3-8-5(2-7)9-4/h3H,2,7H2,1H3,(H,8,9). The second-order valence-electron chi connectivity index (χ2n) is 1.94. The zero-order chi connectivity index (χ0) is 8.27. The second-order valence-corrected chi connectivity index (χ2v) is 1.94. The maximum absolute atomic E-state index is 10.8. The van der Waals surface area contributed by atoms with E-state index in [1.54, 1.807) is 0 Å². The van der Waals surface area contributed by atoms with E-state index in [1.807, 2.05) is 0 Å². The Labute approximate surface area is 63.6 Å². The van der Waals surface area contributed by atoms with Gasteiger partial charge in [-0.2, -0.15) is 0 Å². The fourth-order valence-electron chi connectivity index (χ4n) is 0.680. The Morgan fingerprint density at radius 1 is 1.91 bits per heavy atom. The summed E-state index contributed by atoms with van der Waals surface area (Å²) in [6.45, 7) is 0.289. The first kappa shape index (κ1) is 7.74. The first-order chi connectivity index (χ1) is 5.27. The average Bonchev–Trinajstić information content (AvgIpc) is 2.50. The number of rotatable bonds is 2. The van der Waals surface area contributed by atoms with Crippen molar-refractivity contribution in [1.29, 1.82) is 0 Å². The highest BCUT2D eigenvalue weighted by molar-refractivity contribution is 5.86. The Morgan fingerprint density at radius 3 is 3.09 bits per heavy atom. The monoisotopic (exact) mass is 155 g/mol. The molecule has 1 rings (SSSR count). The number of aromatic amines is 1. The summed E-state index contributed by atoms with van der Waals surface area (Å²) < 4.78 is 4.44. The van der Waals surface area contributed by atoms with Crippen molar-refractivity contribution in [2.24, 2.45) is 5.73 Å². The molecule has 5 nitrogen and oxygen atoms in total. The van der Waals surface area contributed by atoms with Crippen molar-refractivity contribution in [2.75, 3.05) is 7.11 Å². The minimum Gasteiger partial charge on any atom is -0.464 e. The van der Waals surface area contributed by atoms with E-state index >= 15 is 0 Å². The number of imidazole rings is 1. The summed E-state index contributed by atoms with van der Waals surface area (Å²) in [5.41, 5.74) is 5.59. The molecule has 0 aliphatic carbocycles. The lowest BCUT2D eigenvalue weighted by molar-refractivity contribution is 0.0594. The van der Waals surface area contributed by atoms with Gasteiger partial charge in [0.2, 0.25) is 0 Å². The first-order valence-electron chi connectivity index (χ1n) is 3.10. The highest BCUT2D eigenvalue weighted by Crippen LogP contribution is 1.97. The maximum Gasteiger partial charge on any atom is 0.356 e. The topological polar surface area (TPSA) is 81.0 Å². The highest BCUT2D eigenvalue weighted by atomic mass is 16.5. The van der Waals surface area contributed by atoms with E-state index in [4.69, 9.17) is 5.73 Å². The second kappa shape index (κ2) is 3.16. The van der Waals surface area contributed by atoms with Crippen LogP contribution < -0.4 is 5.73 Å². The summed E-state index contributed by atoms with van der Waals surface area (Å²) >= 11 is 0. The first-order valence-corrected chi connectivity index (χ1v) is 3.10. The molecule has 60 valence electrons. The summed E-state index contributed by atoms with van der Waals surface area (Å²) in [6, 6.07) is 0. The molecule has 0 aliphatic heterocycles. The van der Waals surface area contributed by atoms with Crippen LogP contribution in [0.5, 0.6) is 0 Å². The van der Waals surface area contributed by atoms with Crippen molar-refractivity contribution in [1.82, 2.24) is 9.97 Å². The Bertz CT molecular complexity index is 256. The third-order valence-electron chi connectivity index (χ3n) is 1.23. The molecule has 0 spiro atoms. The molecule has 0 saturated carbocycles. The van der Waals surface area contributed by atoms with Crippen LogP contribution in [0.2, 0.25) is 0 Å². The molecule has 0 aromatic carbocycles. The van der Waals surface area contributed by atoms with E-state index in [1.165, 1.54) is 13.3 Å². The highest BCUT2D eigenvalue weighted by Gasteiger charge is 2.07. The van der Waals surface area contributed by atoms with Crippen molar-refractivity contribution in [3.05, 3.63) is 17.7 Å².